The van der Waals surface area contributed by atoms with Crippen LogP contribution in [0.25, 0.3) is 0 Å². The molecule has 1 heterocycles. The molecule has 2 aromatic rings. The molecule has 0 amide bonds. The fraction of sp³-hybridized carbons (Fsp3) is 0.0833. The number of rotatable bonds is 4. The highest BCUT2D eigenvalue weighted by Gasteiger charge is 2.24. The van der Waals surface area contributed by atoms with Gasteiger partial charge < -0.3 is 5.11 Å². The summed E-state index contributed by atoms with van der Waals surface area (Å²) >= 11 is 12.5. The predicted molar refractivity (Wildman–Crippen MR) is 83.3 cm³/mol. The number of benzene rings is 1. The summed E-state index contributed by atoms with van der Waals surface area (Å²) in [7, 11) is -4.02. The average molecular weight is 366 g/mol. The van der Waals surface area contributed by atoms with Gasteiger partial charge >= 0.3 is 5.97 Å². The van der Waals surface area contributed by atoms with Gasteiger partial charge in [0.1, 0.15) is 9.23 Å². The number of para-hydroxylation sites is 1. The van der Waals surface area contributed by atoms with Crippen molar-refractivity contribution in [3.8, 4) is 0 Å². The molecule has 0 saturated heterocycles. The van der Waals surface area contributed by atoms with E-state index in [4.69, 9.17) is 28.3 Å². The van der Waals surface area contributed by atoms with E-state index in [9.17, 15) is 13.2 Å². The van der Waals surface area contributed by atoms with Crippen LogP contribution >= 0.6 is 34.5 Å². The zero-order valence-electron chi connectivity index (χ0n) is 10.6. The maximum Gasteiger partial charge on any atom is 0.337 e. The largest absolute Gasteiger partial charge is 0.478 e. The van der Waals surface area contributed by atoms with Gasteiger partial charge in [-0.3, -0.25) is 4.72 Å². The first-order chi connectivity index (χ1) is 9.72. The number of sulfonamides is 1. The van der Waals surface area contributed by atoms with Crippen molar-refractivity contribution in [2.45, 2.75) is 11.8 Å². The topological polar surface area (TPSA) is 83.5 Å². The van der Waals surface area contributed by atoms with Crippen LogP contribution in [0.4, 0.5) is 5.69 Å². The minimum Gasteiger partial charge on any atom is -0.478 e. The Morgan fingerprint density at radius 3 is 2.52 bits per heavy atom. The Bertz CT molecular complexity index is 815. The fourth-order valence-electron chi connectivity index (χ4n) is 1.68. The number of aryl methyl sites for hydroxylation is 1. The molecular formula is C12H9Cl2NO4S2. The van der Waals surface area contributed by atoms with E-state index in [1.807, 2.05) is 0 Å². The number of halogens is 2. The third kappa shape index (κ3) is 3.32. The Kier molecular flexibility index (Phi) is 4.48. The maximum atomic E-state index is 12.3. The second kappa shape index (κ2) is 5.84. The predicted octanol–water partition coefficient (Wildman–Crippen LogP) is 3.86. The van der Waals surface area contributed by atoms with Crippen molar-refractivity contribution in [2.75, 3.05) is 4.72 Å². The van der Waals surface area contributed by atoms with Crippen molar-refractivity contribution >= 4 is 56.2 Å². The summed E-state index contributed by atoms with van der Waals surface area (Å²) in [6, 6.07) is 5.67. The number of thiophene rings is 1. The number of carboxylic acid groups (broad SMARTS) is 1. The summed E-state index contributed by atoms with van der Waals surface area (Å²) in [6.45, 7) is 1.60. The van der Waals surface area contributed by atoms with Crippen molar-refractivity contribution < 1.29 is 18.3 Å². The fourth-order valence-corrected chi connectivity index (χ4v) is 4.98. The van der Waals surface area contributed by atoms with Gasteiger partial charge in [-0.1, -0.05) is 35.3 Å². The van der Waals surface area contributed by atoms with E-state index in [0.29, 0.717) is 5.56 Å². The van der Waals surface area contributed by atoms with Crippen molar-refractivity contribution in [2.24, 2.45) is 0 Å². The monoisotopic (exact) mass is 365 g/mol. The first-order valence-corrected chi connectivity index (χ1v) is 8.58. The van der Waals surface area contributed by atoms with Crippen LogP contribution in [0.5, 0.6) is 0 Å². The lowest BCUT2D eigenvalue weighted by atomic mass is 10.1. The summed E-state index contributed by atoms with van der Waals surface area (Å²) in [4.78, 5) is 11.0. The third-order valence-electron chi connectivity index (χ3n) is 2.65. The molecule has 0 radical (unpaired) electrons. The molecule has 0 unspecified atom stereocenters. The minimum absolute atomic E-state index is 0.00314. The molecule has 0 saturated carbocycles. The highest BCUT2D eigenvalue weighted by atomic mass is 35.5. The SMILES string of the molecule is Cc1cccc(C(=O)O)c1NS(=O)(=O)c1cc(Cl)sc1Cl. The first-order valence-electron chi connectivity index (χ1n) is 5.53. The number of aromatic carboxylic acids is 1. The van der Waals surface area contributed by atoms with E-state index in [0.717, 1.165) is 11.3 Å². The molecule has 0 aliphatic rings. The van der Waals surface area contributed by atoms with Crippen LogP contribution in [0, 0.1) is 6.92 Å². The highest BCUT2D eigenvalue weighted by molar-refractivity contribution is 7.93. The molecule has 5 nitrogen and oxygen atoms in total. The van der Waals surface area contributed by atoms with Crippen LogP contribution in [0.3, 0.4) is 0 Å². The van der Waals surface area contributed by atoms with E-state index in [1.165, 1.54) is 18.2 Å². The summed E-state index contributed by atoms with van der Waals surface area (Å²) in [5.41, 5.74) is 0.343. The average Bonchev–Trinajstić information content (AvgIpc) is 2.71. The van der Waals surface area contributed by atoms with Gasteiger partial charge in [0, 0.05) is 0 Å². The minimum atomic E-state index is -4.02. The highest BCUT2D eigenvalue weighted by Crippen LogP contribution is 2.35. The van der Waals surface area contributed by atoms with Crippen LogP contribution in [0.15, 0.2) is 29.2 Å². The smallest absolute Gasteiger partial charge is 0.337 e. The Labute approximate surface area is 135 Å². The van der Waals surface area contributed by atoms with E-state index in [-0.39, 0.29) is 24.8 Å². The van der Waals surface area contributed by atoms with Crippen molar-refractivity contribution in [3.63, 3.8) is 0 Å². The van der Waals surface area contributed by atoms with Gasteiger partial charge in [-0.2, -0.15) is 0 Å². The Hall–Kier alpha value is -1.28. The molecule has 0 aliphatic heterocycles. The van der Waals surface area contributed by atoms with Gasteiger partial charge in [0.15, 0.2) is 0 Å². The molecule has 2 N–H and O–H groups in total. The molecule has 0 atom stereocenters. The van der Waals surface area contributed by atoms with Crippen LogP contribution in [0.2, 0.25) is 8.67 Å². The quantitative estimate of drug-likeness (QED) is 0.861. The number of hydrogen-bond acceptors (Lipinski definition) is 4. The van der Waals surface area contributed by atoms with E-state index < -0.39 is 16.0 Å². The van der Waals surface area contributed by atoms with Crippen LogP contribution in [-0.4, -0.2) is 19.5 Å². The third-order valence-corrected chi connectivity index (χ3v) is 5.76. The lowest BCUT2D eigenvalue weighted by molar-refractivity contribution is 0.0698. The zero-order chi connectivity index (χ0) is 15.8. The van der Waals surface area contributed by atoms with Gasteiger partial charge in [0.25, 0.3) is 10.0 Å². The Balaban J connectivity index is 2.52. The number of anilines is 1. The van der Waals surface area contributed by atoms with Gasteiger partial charge in [-0.05, 0) is 24.6 Å². The van der Waals surface area contributed by atoms with Crippen molar-refractivity contribution in [1.29, 1.82) is 0 Å². The summed E-state index contributed by atoms with van der Waals surface area (Å²) in [5, 5.41) is 9.14. The van der Waals surface area contributed by atoms with E-state index >= 15 is 0 Å². The molecular weight excluding hydrogens is 357 g/mol. The molecule has 0 fully saturated rings. The second-order valence-corrected chi connectivity index (χ2v) is 8.03. The summed E-state index contributed by atoms with van der Waals surface area (Å²) in [6.07, 6.45) is 0. The molecule has 2 rings (SSSR count). The molecule has 0 bridgehead atoms. The van der Waals surface area contributed by atoms with Crippen LogP contribution < -0.4 is 4.72 Å². The maximum absolute atomic E-state index is 12.3. The lowest BCUT2D eigenvalue weighted by Gasteiger charge is -2.12. The molecule has 1 aromatic carbocycles. The molecule has 112 valence electrons. The first kappa shape index (κ1) is 16.1. The second-order valence-electron chi connectivity index (χ2n) is 4.10. The van der Waals surface area contributed by atoms with E-state index in [2.05, 4.69) is 4.72 Å². The van der Waals surface area contributed by atoms with Crippen molar-refractivity contribution in [1.82, 2.24) is 0 Å². The lowest BCUT2D eigenvalue weighted by Crippen LogP contribution is -2.16. The van der Waals surface area contributed by atoms with Gasteiger partial charge in [0.05, 0.1) is 15.6 Å². The summed E-state index contributed by atoms with van der Waals surface area (Å²) < 4.78 is 27.1. The molecule has 9 heteroatoms. The summed E-state index contributed by atoms with van der Waals surface area (Å²) in [5.74, 6) is -1.23. The van der Waals surface area contributed by atoms with Crippen LogP contribution in [0.1, 0.15) is 15.9 Å². The zero-order valence-corrected chi connectivity index (χ0v) is 13.7. The van der Waals surface area contributed by atoms with Gasteiger partial charge in [-0.25, -0.2) is 13.2 Å². The van der Waals surface area contributed by atoms with Crippen LogP contribution in [-0.2, 0) is 10.0 Å². The standard InChI is InChI=1S/C12H9Cl2NO4S2/c1-6-3-2-4-7(12(16)17)10(6)15-21(18,19)8-5-9(13)20-11(8)14/h2-5,15H,1H3,(H,16,17). The molecule has 0 aliphatic carbocycles. The number of hydrogen-bond donors (Lipinski definition) is 2. The number of carboxylic acids is 1. The van der Waals surface area contributed by atoms with Gasteiger partial charge in [-0.15, -0.1) is 11.3 Å². The Morgan fingerprint density at radius 1 is 1.33 bits per heavy atom. The Morgan fingerprint density at radius 2 is 2.00 bits per heavy atom. The van der Waals surface area contributed by atoms with Crippen molar-refractivity contribution in [3.05, 3.63) is 44.1 Å². The normalized spacial score (nSPS) is 11.4. The van der Waals surface area contributed by atoms with E-state index in [1.54, 1.807) is 13.0 Å². The molecule has 21 heavy (non-hydrogen) atoms. The number of carbonyl (C=O) groups is 1. The van der Waals surface area contributed by atoms with Gasteiger partial charge in [0.2, 0.25) is 0 Å². The molecule has 0 spiro atoms. The molecule has 1 aromatic heterocycles. The number of nitrogens with one attached hydrogen (secondary N) is 1.